The molecular weight excluding hydrogens is 232 g/mol. The van der Waals surface area contributed by atoms with Crippen LogP contribution in [0, 0.1) is 5.92 Å². The molecule has 3 nitrogen and oxygen atoms in total. The highest BCUT2D eigenvalue weighted by Gasteiger charge is 2.14. The summed E-state index contributed by atoms with van der Waals surface area (Å²) in [7, 11) is 0. The van der Waals surface area contributed by atoms with E-state index < -0.39 is 0 Å². The van der Waals surface area contributed by atoms with E-state index in [4.69, 9.17) is 5.73 Å². The molecule has 0 spiro atoms. The van der Waals surface area contributed by atoms with Crippen molar-refractivity contribution in [3.63, 3.8) is 0 Å². The monoisotopic (exact) mass is 256 g/mol. The van der Waals surface area contributed by atoms with E-state index in [9.17, 15) is 4.79 Å². The summed E-state index contributed by atoms with van der Waals surface area (Å²) in [5, 5.41) is 1.30. The Labute approximate surface area is 109 Å². The lowest BCUT2D eigenvalue weighted by Gasteiger charge is -2.12. The number of nitrogens with zero attached hydrogens (tertiary/aromatic N) is 1. The number of amides is 1. The number of carbonyl (C=O) groups excluding carboxylic acids is 1. The van der Waals surface area contributed by atoms with E-state index in [-0.39, 0.29) is 11.8 Å². The molecule has 0 aromatic rings. The van der Waals surface area contributed by atoms with Crippen LogP contribution in [0.5, 0.6) is 0 Å². The molecule has 0 aromatic carbocycles. The van der Waals surface area contributed by atoms with Gasteiger partial charge in [0.15, 0.2) is 0 Å². The summed E-state index contributed by atoms with van der Waals surface area (Å²) in [4.78, 5) is 15.7. The molecule has 0 bridgehead atoms. The van der Waals surface area contributed by atoms with Gasteiger partial charge in [0.2, 0.25) is 5.91 Å². The molecule has 1 rings (SSSR count). The minimum absolute atomic E-state index is 0.0909. The number of thioether (sulfide) groups is 1. The minimum atomic E-state index is -0.119. The molecule has 98 valence electrons. The second kappa shape index (κ2) is 8.56. The summed E-state index contributed by atoms with van der Waals surface area (Å²) < 4.78 is 0. The van der Waals surface area contributed by atoms with Gasteiger partial charge in [0, 0.05) is 18.2 Å². The smallest absolute Gasteiger partial charge is 0.220 e. The third-order valence-corrected chi connectivity index (χ3v) is 4.20. The second-order valence-electron chi connectivity index (χ2n) is 4.61. The summed E-state index contributed by atoms with van der Waals surface area (Å²) in [5.41, 5.74) is 5.42. The molecule has 1 amide bonds. The number of hydrogen-bond donors (Lipinski definition) is 1. The van der Waals surface area contributed by atoms with Crippen molar-refractivity contribution in [2.75, 3.05) is 12.3 Å². The second-order valence-corrected chi connectivity index (χ2v) is 5.78. The molecule has 0 saturated carbocycles. The Hall–Kier alpha value is -0.510. The average molecular weight is 256 g/mol. The van der Waals surface area contributed by atoms with Gasteiger partial charge in [-0.2, -0.15) is 0 Å². The Balaban J connectivity index is 2.11. The molecule has 1 aliphatic rings. The lowest BCUT2D eigenvalue weighted by atomic mass is 9.95. The van der Waals surface area contributed by atoms with Gasteiger partial charge in [-0.15, -0.1) is 11.8 Å². The molecule has 1 atom stereocenters. The quantitative estimate of drug-likeness (QED) is 0.645. The summed E-state index contributed by atoms with van der Waals surface area (Å²) in [6.45, 7) is 3.13. The van der Waals surface area contributed by atoms with Crippen molar-refractivity contribution in [1.29, 1.82) is 0 Å². The zero-order valence-corrected chi connectivity index (χ0v) is 11.6. The SMILES string of the molecule is CCCCC(CCCCC1=NCCS1)C(N)=O. The van der Waals surface area contributed by atoms with Crippen LogP contribution in [0.4, 0.5) is 0 Å². The van der Waals surface area contributed by atoms with E-state index >= 15 is 0 Å². The van der Waals surface area contributed by atoms with Crippen LogP contribution in [0.3, 0.4) is 0 Å². The first-order chi connectivity index (χ1) is 8.24. The highest BCUT2D eigenvalue weighted by molar-refractivity contribution is 8.14. The molecule has 0 saturated heterocycles. The van der Waals surface area contributed by atoms with Gasteiger partial charge in [-0.3, -0.25) is 9.79 Å². The molecule has 0 fully saturated rings. The lowest BCUT2D eigenvalue weighted by molar-refractivity contribution is -0.122. The Kier molecular flexibility index (Phi) is 7.33. The van der Waals surface area contributed by atoms with Gasteiger partial charge in [-0.05, 0) is 25.7 Å². The van der Waals surface area contributed by atoms with Crippen LogP contribution in [0.2, 0.25) is 0 Å². The summed E-state index contributed by atoms with van der Waals surface area (Å²) in [5.74, 6) is 1.12. The maximum atomic E-state index is 11.3. The van der Waals surface area contributed by atoms with Crippen molar-refractivity contribution in [3.8, 4) is 0 Å². The first-order valence-corrected chi connectivity index (χ1v) is 7.68. The first kappa shape index (κ1) is 14.6. The Bertz CT molecular complexity index is 266. The van der Waals surface area contributed by atoms with E-state index in [1.54, 1.807) is 0 Å². The third kappa shape index (κ3) is 6.10. The maximum absolute atomic E-state index is 11.3. The van der Waals surface area contributed by atoms with Gasteiger partial charge in [-0.1, -0.05) is 26.2 Å². The first-order valence-electron chi connectivity index (χ1n) is 6.69. The molecular formula is C13H24N2OS. The number of primary amides is 1. The Morgan fingerprint density at radius 3 is 2.76 bits per heavy atom. The highest BCUT2D eigenvalue weighted by atomic mass is 32.2. The van der Waals surface area contributed by atoms with Gasteiger partial charge in [0.05, 0.1) is 5.04 Å². The van der Waals surface area contributed by atoms with Gasteiger partial charge in [0.25, 0.3) is 0 Å². The predicted molar refractivity (Wildman–Crippen MR) is 75.4 cm³/mol. The van der Waals surface area contributed by atoms with Crippen LogP contribution in [0.25, 0.3) is 0 Å². The van der Waals surface area contributed by atoms with Crippen molar-refractivity contribution in [1.82, 2.24) is 0 Å². The zero-order valence-electron chi connectivity index (χ0n) is 10.8. The summed E-state index contributed by atoms with van der Waals surface area (Å²) in [6.07, 6.45) is 7.48. The number of carbonyl (C=O) groups is 1. The normalized spacial score (nSPS) is 16.9. The number of hydrogen-bond acceptors (Lipinski definition) is 3. The van der Waals surface area contributed by atoms with Gasteiger partial charge in [-0.25, -0.2) is 0 Å². The van der Waals surface area contributed by atoms with Crippen molar-refractivity contribution in [3.05, 3.63) is 0 Å². The van der Waals surface area contributed by atoms with Crippen LogP contribution >= 0.6 is 11.8 Å². The number of aliphatic imine (C=N–C) groups is 1. The molecule has 2 N–H and O–H groups in total. The van der Waals surface area contributed by atoms with Crippen molar-refractivity contribution < 1.29 is 4.79 Å². The molecule has 17 heavy (non-hydrogen) atoms. The van der Waals surface area contributed by atoms with Gasteiger partial charge >= 0.3 is 0 Å². The molecule has 0 aliphatic carbocycles. The van der Waals surface area contributed by atoms with Crippen LogP contribution in [0.1, 0.15) is 51.9 Å². The molecule has 4 heteroatoms. The van der Waals surface area contributed by atoms with Crippen molar-refractivity contribution in [2.24, 2.45) is 16.6 Å². The zero-order chi connectivity index (χ0) is 12.5. The highest BCUT2D eigenvalue weighted by Crippen LogP contribution is 2.20. The van der Waals surface area contributed by atoms with E-state index in [0.717, 1.165) is 57.2 Å². The fourth-order valence-electron chi connectivity index (χ4n) is 2.08. The predicted octanol–water partition coefficient (Wildman–Crippen LogP) is 2.98. The van der Waals surface area contributed by atoms with Crippen LogP contribution in [0.15, 0.2) is 4.99 Å². The van der Waals surface area contributed by atoms with Crippen LogP contribution < -0.4 is 5.73 Å². The van der Waals surface area contributed by atoms with Crippen molar-refractivity contribution in [2.45, 2.75) is 51.9 Å². The average Bonchev–Trinajstić information content (AvgIpc) is 2.80. The molecule has 0 radical (unpaired) electrons. The fourth-order valence-corrected chi connectivity index (χ4v) is 2.97. The molecule has 1 aliphatic heterocycles. The summed E-state index contributed by atoms with van der Waals surface area (Å²) in [6, 6.07) is 0. The minimum Gasteiger partial charge on any atom is -0.369 e. The number of nitrogens with two attached hydrogens (primary N) is 1. The van der Waals surface area contributed by atoms with Gasteiger partial charge in [0.1, 0.15) is 0 Å². The summed E-state index contributed by atoms with van der Waals surface area (Å²) >= 11 is 1.88. The van der Waals surface area contributed by atoms with Crippen LogP contribution in [-0.2, 0) is 4.79 Å². The van der Waals surface area contributed by atoms with E-state index in [1.165, 1.54) is 5.04 Å². The third-order valence-electron chi connectivity index (χ3n) is 3.15. The van der Waals surface area contributed by atoms with Crippen LogP contribution in [-0.4, -0.2) is 23.2 Å². The standard InChI is InChI=1S/C13H24N2OS/c1-2-3-6-11(13(14)16)7-4-5-8-12-15-9-10-17-12/h11H,2-10H2,1H3,(H2,14,16). The van der Waals surface area contributed by atoms with E-state index in [1.807, 2.05) is 11.8 Å². The topological polar surface area (TPSA) is 55.4 Å². The maximum Gasteiger partial charge on any atom is 0.220 e. The molecule has 1 unspecified atom stereocenters. The van der Waals surface area contributed by atoms with E-state index in [0.29, 0.717) is 0 Å². The van der Waals surface area contributed by atoms with E-state index in [2.05, 4.69) is 11.9 Å². The Morgan fingerprint density at radius 2 is 2.18 bits per heavy atom. The number of rotatable bonds is 9. The largest absolute Gasteiger partial charge is 0.369 e. The Morgan fingerprint density at radius 1 is 1.41 bits per heavy atom. The van der Waals surface area contributed by atoms with Crippen molar-refractivity contribution >= 4 is 22.7 Å². The fraction of sp³-hybridized carbons (Fsp3) is 0.846. The molecule has 0 aromatic heterocycles. The van der Waals surface area contributed by atoms with Gasteiger partial charge < -0.3 is 5.73 Å². The number of unbranched alkanes of at least 4 members (excludes halogenated alkanes) is 2. The molecule has 1 heterocycles. The lowest BCUT2D eigenvalue weighted by Crippen LogP contribution is -2.23.